The first kappa shape index (κ1) is 18.9. The number of carbonyl (C=O) groups is 1. The topological polar surface area (TPSA) is 88.0 Å². The molecule has 146 valence electrons. The molecule has 1 amide bonds. The number of hydrogen-bond acceptors (Lipinski definition) is 5. The van der Waals surface area contributed by atoms with Gasteiger partial charge in [-0.15, -0.1) is 0 Å². The standard InChI is InChI=1S/C21H20N6OS/c1-14-17(15(2)27(26-14)16-8-4-3-5-9-16)12-22-25-20(28)13-29-21-23-18-10-6-7-11-19(18)24-21/h3-12H,13H2,1-2H3,(H,23,24)(H,25,28)/b22-12+. The van der Waals surface area contributed by atoms with Crippen molar-refractivity contribution in [1.82, 2.24) is 25.2 Å². The number of nitrogens with zero attached hydrogens (tertiary/aromatic N) is 4. The number of rotatable bonds is 6. The third-order valence-corrected chi connectivity index (χ3v) is 5.31. The summed E-state index contributed by atoms with van der Waals surface area (Å²) in [6.45, 7) is 3.90. The number of nitrogens with one attached hydrogen (secondary N) is 2. The first-order valence-corrected chi connectivity index (χ1v) is 10.1. The zero-order valence-corrected chi connectivity index (χ0v) is 16.9. The number of thioether (sulfide) groups is 1. The van der Waals surface area contributed by atoms with Gasteiger partial charge in [0.05, 0.1) is 40.1 Å². The van der Waals surface area contributed by atoms with Crippen LogP contribution < -0.4 is 5.43 Å². The van der Waals surface area contributed by atoms with Crippen molar-refractivity contribution in [3.63, 3.8) is 0 Å². The zero-order chi connectivity index (χ0) is 20.2. The Labute approximate surface area is 172 Å². The minimum Gasteiger partial charge on any atom is -0.333 e. The van der Waals surface area contributed by atoms with Crippen LogP contribution in [-0.2, 0) is 4.79 Å². The van der Waals surface area contributed by atoms with Crippen LogP contribution in [-0.4, -0.2) is 37.6 Å². The van der Waals surface area contributed by atoms with Crippen molar-refractivity contribution < 1.29 is 4.79 Å². The smallest absolute Gasteiger partial charge is 0.250 e. The molecular formula is C21H20N6OS. The summed E-state index contributed by atoms with van der Waals surface area (Å²) >= 11 is 1.34. The molecule has 0 bridgehead atoms. The molecule has 0 saturated heterocycles. The quantitative estimate of drug-likeness (QED) is 0.292. The number of hydrogen-bond donors (Lipinski definition) is 2. The van der Waals surface area contributed by atoms with Crippen LogP contribution in [0.2, 0.25) is 0 Å². The summed E-state index contributed by atoms with van der Waals surface area (Å²) in [6.07, 6.45) is 1.64. The van der Waals surface area contributed by atoms with E-state index in [-0.39, 0.29) is 11.7 Å². The molecule has 0 spiro atoms. The van der Waals surface area contributed by atoms with Gasteiger partial charge in [-0.3, -0.25) is 4.79 Å². The largest absolute Gasteiger partial charge is 0.333 e. The molecule has 2 N–H and O–H groups in total. The molecule has 7 nitrogen and oxygen atoms in total. The maximum atomic E-state index is 12.1. The Morgan fingerprint density at radius 1 is 1.17 bits per heavy atom. The van der Waals surface area contributed by atoms with E-state index in [4.69, 9.17) is 0 Å². The predicted octanol–water partition coefficient (Wildman–Crippen LogP) is 3.61. The monoisotopic (exact) mass is 404 g/mol. The van der Waals surface area contributed by atoms with Crippen LogP contribution in [0.3, 0.4) is 0 Å². The Morgan fingerprint density at radius 2 is 1.93 bits per heavy atom. The van der Waals surface area contributed by atoms with Gasteiger partial charge in [0.25, 0.3) is 5.91 Å². The van der Waals surface area contributed by atoms with Crippen LogP contribution in [0.15, 0.2) is 64.9 Å². The second kappa shape index (κ2) is 8.32. The average molecular weight is 404 g/mol. The van der Waals surface area contributed by atoms with Crippen molar-refractivity contribution >= 4 is 34.9 Å². The van der Waals surface area contributed by atoms with Gasteiger partial charge in [0.1, 0.15) is 0 Å². The molecule has 4 rings (SSSR count). The van der Waals surface area contributed by atoms with Gasteiger partial charge in [-0.1, -0.05) is 42.1 Å². The van der Waals surface area contributed by atoms with Crippen molar-refractivity contribution in [3.05, 3.63) is 71.5 Å². The molecule has 2 aromatic heterocycles. The van der Waals surface area contributed by atoms with Crippen molar-refractivity contribution in [3.8, 4) is 5.69 Å². The number of H-pyrrole nitrogens is 1. The Balaban J connectivity index is 1.37. The Bertz CT molecular complexity index is 1150. The maximum absolute atomic E-state index is 12.1. The van der Waals surface area contributed by atoms with Crippen LogP contribution in [0.25, 0.3) is 16.7 Å². The molecule has 8 heteroatoms. The molecule has 0 fully saturated rings. The van der Waals surface area contributed by atoms with Gasteiger partial charge in [-0.25, -0.2) is 15.1 Å². The lowest BCUT2D eigenvalue weighted by atomic mass is 10.2. The van der Waals surface area contributed by atoms with Crippen LogP contribution in [0.4, 0.5) is 0 Å². The lowest BCUT2D eigenvalue weighted by Gasteiger charge is -2.03. The van der Waals surface area contributed by atoms with E-state index in [0.29, 0.717) is 5.16 Å². The number of aromatic amines is 1. The van der Waals surface area contributed by atoms with Crippen molar-refractivity contribution in [2.45, 2.75) is 19.0 Å². The van der Waals surface area contributed by atoms with Crippen LogP contribution in [0.5, 0.6) is 0 Å². The van der Waals surface area contributed by atoms with Gasteiger partial charge < -0.3 is 4.98 Å². The van der Waals surface area contributed by atoms with Gasteiger partial charge in [-0.2, -0.15) is 10.2 Å². The van der Waals surface area contributed by atoms with Gasteiger partial charge in [0, 0.05) is 5.56 Å². The number of para-hydroxylation sites is 3. The van der Waals surface area contributed by atoms with E-state index in [1.54, 1.807) is 6.21 Å². The number of fused-ring (bicyclic) bond motifs is 1. The molecule has 2 aromatic carbocycles. The Morgan fingerprint density at radius 3 is 2.72 bits per heavy atom. The number of aromatic nitrogens is 4. The van der Waals surface area contributed by atoms with E-state index in [2.05, 4.69) is 25.6 Å². The van der Waals surface area contributed by atoms with E-state index in [1.807, 2.05) is 73.1 Å². The van der Waals surface area contributed by atoms with E-state index < -0.39 is 0 Å². The fourth-order valence-corrected chi connectivity index (χ4v) is 3.67. The number of imidazole rings is 1. The highest BCUT2D eigenvalue weighted by atomic mass is 32.2. The number of hydrazone groups is 1. The first-order chi connectivity index (χ1) is 14.1. The highest BCUT2D eigenvalue weighted by Gasteiger charge is 2.11. The number of amides is 1. The molecule has 0 unspecified atom stereocenters. The molecule has 0 radical (unpaired) electrons. The predicted molar refractivity (Wildman–Crippen MR) is 116 cm³/mol. The summed E-state index contributed by atoms with van der Waals surface area (Å²) < 4.78 is 1.87. The number of benzene rings is 2. The number of carbonyl (C=O) groups excluding carboxylic acids is 1. The van der Waals surface area contributed by atoms with Gasteiger partial charge in [0.2, 0.25) is 0 Å². The highest BCUT2D eigenvalue weighted by Crippen LogP contribution is 2.19. The molecule has 0 aliphatic rings. The second-order valence-electron chi connectivity index (χ2n) is 6.47. The number of aryl methyl sites for hydroxylation is 1. The summed E-state index contributed by atoms with van der Waals surface area (Å²) in [6, 6.07) is 17.7. The van der Waals surface area contributed by atoms with Gasteiger partial charge in [0.15, 0.2) is 5.16 Å². The Kier molecular flexibility index (Phi) is 5.44. The summed E-state index contributed by atoms with van der Waals surface area (Å²) in [7, 11) is 0. The maximum Gasteiger partial charge on any atom is 0.250 e. The molecule has 0 aliphatic heterocycles. The Hall–Kier alpha value is -3.39. The van der Waals surface area contributed by atoms with Crippen LogP contribution in [0, 0.1) is 13.8 Å². The molecule has 0 aliphatic carbocycles. The summed E-state index contributed by atoms with van der Waals surface area (Å²) in [5, 5.41) is 9.38. The van der Waals surface area contributed by atoms with Crippen LogP contribution in [0.1, 0.15) is 17.0 Å². The third-order valence-electron chi connectivity index (χ3n) is 4.44. The first-order valence-electron chi connectivity index (χ1n) is 9.13. The minimum atomic E-state index is -0.197. The highest BCUT2D eigenvalue weighted by molar-refractivity contribution is 7.99. The minimum absolute atomic E-state index is 0.197. The molecule has 2 heterocycles. The average Bonchev–Trinajstić information content (AvgIpc) is 3.28. The molecule has 0 saturated carbocycles. The molecule has 4 aromatic rings. The normalized spacial score (nSPS) is 11.4. The van der Waals surface area contributed by atoms with Crippen molar-refractivity contribution in [2.24, 2.45) is 5.10 Å². The van der Waals surface area contributed by atoms with E-state index >= 15 is 0 Å². The second-order valence-corrected chi connectivity index (χ2v) is 7.44. The molecular weight excluding hydrogens is 384 g/mol. The van der Waals surface area contributed by atoms with E-state index in [0.717, 1.165) is 33.7 Å². The fourth-order valence-electron chi connectivity index (χ4n) is 2.99. The van der Waals surface area contributed by atoms with Crippen molar-refractivity contribution in [2.75, 3.05) is 5.75 Å². The molecule has 0 atom stereocenters. The third kappa shape index (κ3) is 4.22. The molecule has 29 heavy (non-hydrogen) atoms. The summed E-state index contributed by atoms with van der Waals surface area (Å²) in [5.74, 6) is 0.0238. The van der Waals surface area contributed by atoms with E-state index in [1.165, 1.54) is 11.8 Å². The fraction of sp³-hybridized carbons (Fsp3) is 0.143. The lowest BCUT2D eigenvalue weighted by Crippen LogP contribution is -2.19. The lowest BCUT2D eigenvalue weighted by molar-refractivity contribution is -0.118. The zero-order valence-electron chi connectivity index (χ0n) is 16.1. The van der Waals surface area contributed by atoms with Crippen molar-refractivity contribution in [1.29, 1.82) is 0 Å². The van der Waals surface area contributed by atoms with Gasteiger partial charge in [-0.05, 0) is 38.1 Å². The van der Waals surface area contributed by atoms with E-state index in [9.17, 15) is 4.79 Å². The summed E-state index contributed by atoms with van der Waals surface area (Å²) in [5.41, 5.74) is 8.09. The SMILES string of the molecule is Cc1nn(-c2ccccc2)c(C)c1/C=N/NC(=O)CSc1nc2ccccc2[nH]1. The summed E-state index contributed by atoms with van der Waals surface area (Å²) in [4.78, 5) is 19.7. The van der Waals surface area contributed by atoms with Gasteiger partial charge >= 0.3 is 0 Å². The van der Waals surface area contributed by atoms with Crippen LogP contribution >= 0.6 is 11.8 Å².